The van der Waals surface area contributed by atoms with Crippen molar-refractivity contribution in [2.24, 2.45) is 0 Å². The first-order valence-electron chi connectivity index (χ1n) is 4.40. The lowest BCUT2D eigenvalue weighted by Crippen LogP contribution is -2.35. The van der Waals surface area contributed by atoms with Crippen molar-refractivity contribution in [1.82, 2.24) is 0 Å². The van der Waals surface area contributed by atoms with Crippen molar-refractivity contribution in [2.45, 2.75) is 36.7 Å². The molecule has 0 radical (unpaired) electrons. The van der Waals surface area contributed by atoms with Crippen molar-refractivity contribution < 1.29 is 9.53 Å². The molecule has 1 heterocycles. The van der Waals surface area contributed by atoms with Crippen LogP contribution in [0.3, 0.4) is 0 Å². The summed E-state index contributed by atoms with van der Waals surface area (Å²) in [6, 6.07) is 0. The van der Waals surface area contributed by atoms with E-state index in [1.54, 1.807) is 11.8 Å². The van der Waals surface area contributed by atoms with Crippen molar-refractivity contribution in [3.05, 3.63) is 0 Å². The van der Waals surface area contributed by atoms with Gasteiger partial charge in [-0.2, -0.15) is 0 Å². The molecule has 1 saturated heterocycles. The predicted octanol–water partition coefficient (Wildman–Crippen LogP) is 1.88. The molecule has 0 aromatic carbocycles. The fourth-order valence-corrected chi connectivity index (χ4v) is 2.85. The Morgan fingerprint density at radius 1 is 1.42 bits per heavy atom. The Labute approximate surface area is 78.1 Å². The zero-order valence-electron chi connectivity index (χ0n) is 7.71. The lowest BCUT2D eigenvalue weighted by molar-refractivity contribution is -0.111. The highest BCUT2D eigenvalue weighted by Gasteiger charge is 2.33. The van der Waals surface area contributed by atoms with Gasteiger partial charge in [-0.05, 0) is 12.8 Å². The van der Waals surface area contributed by atoms with Crippen molar-refractivity contribution >= 4 is 18.0 Å². The highest BCUT2D eigenvalue weighted by molar-refractivity contribution is 8.01. The van der Waals surface area contributed by atoms with Gasteiger partial charge in [0.05, 0.1) is 4.75 Å². The monoisotopic (exact) mass is 188 g/mol. The first kappa shape index (κ1) is 10.1. The summed E-state index contributed by atoms with van der Waals surface area (Å²) in [5.41, 5.74) is 0. The Bertz CT molecular complexity index is 151. The first-order chi connectivity index (χ1) is 5.68. The molecule has 0 aliphatic carbocycles. The standard InChI is InChI=1S/C9H16O2S/c1-8(2)12-9(7-10)3-5-11-6-4-9/h7-8H,3-6H2,1-2H3. The van der Waals surface area contributed by atoms with E-state index in [1.807, 2.05) is 0 Å². The fourth-order valence-electron chi connectivity index (χ4n) is 1.45. The quantitative estimate of drug-likeness (QED) is 0.632. The van der Waals surface area contributed by atoms with Gasteiger partial charge in [0.2, 0.25) is 0 Å². The second-order valence-corrected chi connectivity index (χ2v) is 5.45. The summed E-state index contributed by atoms with van der Waals surface area (Å²) in [6.07, 6.45) is 2.86. The Kier molecular flexibility index (Phi) is 3.59. The maximum atomic E-state index is 10.9. The number of hydrogen-bond acceptors (Lipinski definition) is 3. The maximum Gasteiger partial charge on any atom is 0.136 e. The van der Waals surface area contributed by atoms with Crippen LogP contribution in [0.25, 0.3) is 0 Å². The Morgan fingerprint density at radius 2 is 2.00 bits per heavy atom. The molecule has 3 heteroatoms. The summed E-state index contributed by atoms with van der Waals surface area (Å²) < 4.78 is 5.09. The van der Waals surface area contributed by atoms with Gasteiger partial charge in [-0.1, -0.05) is 13.8 Å². The van der Waals surface area contributed by atoms with E-state index in [0.717, 1.165) is 32.3 Å². The second-order valence-electron chi connectivity index (χ2n) is 3.46. The molecule has 0 amide bonds. The number of thioether (sulfide) groups is 1. The summed E-state index contributed by atoms with van der Waals surface area (Å²) in [5.74, 6) is 0. The number of rotatable bonds is 3. The van der Waals surface area contributed by atoms with Gasteiger partial charge in [0, 0.05) is 18.5 Å². The van der Waals surface area contributed by atoms with Gasteiger partial charge in [-0.3, -0.25) is 0 Å². The van der Waals surface area contributed by atoms with E-state index in [2.05, 4.69) is 13.8 Å². The number of aldehydes is 1. The van der Waals surface area contributed by atoms with Crippen molar-refractivity contribution in [3.8, 4) is 0 Å². The molecule has 0 bridgehead atoms. The molecule has 1 aliphatic heterocycles. The fraction of sp³-hybridized carbons (Fsp3) is 0.889. The van der Waals surface area contributed by atoms with E-state index in [1.165, 1.54) is 0 Å². The summed E-state index contributed by atoms with van der Waals surface area (Å²) in [7, 11) is 0. The molecule has 2 nitrogen and oxygen atoms in total. The highest BCUT2D eigenvalue weighted by atomic mass is 32.2. The van der Waals surface area contributed by atoms with Gasteiger partial charge in [-0.15, -0.1) is 11.8 Å². The number of carbonyl (C=O) groups is 1. The molecule has 0 atom stereocenters. The van der Waals surface area contributed by atoms with Crippen LogP contribution in [0.4, 0.5) is 0 Å². The lowest BCUT2D eigenvalue weighted by atomic mass is 10.0. The van der Waals surface area contributed by atoms with Crippen LogP contribution < -0.4 is 0 Å². The van der Waals surface area contributed by atoms with Crippen LogP contribution in [0.5, 0.6) is 0 Å². The number of carbonyl (C=O) groups excluding carboxylic acids is 1. The average Bonchev–Trinajstić information content (AvgIpc) is 2.05. The molecule has 0 saturated carbocycles. The molecule has 0 spiro atoms. The largest absolute Gasteiger partial charge is 0.381 e. The van der Waals surface area contributed by atoms with Crippen LogP contribution in [0.2, 0.25) is 0 Å². The second kappa shape index (κ2) is 4.28. The minimum absolute atomic E-state index is 0.146. The molecule has 70 valence electrons. The molecular weight excluding hydrogens is 172 g/mol. The van der Waals surface area contributed by atoms with Crippen LogP contribution in [-0.2, 0) is 9.53 Å². The zero-order chi connectivity index (χ0) is 9.03. The predicted molar refractivity (Wildman–Crippen MR) is 51.6 cm³/mol. The molecule has 12 heavy (non-hydrogen) atoms. The van der Waals surface area contributed by atoms with Crippen LogP contribution in [0.15, 0.2) is 0 Å². The minimum atomic E-state index is -0.146. The smallest absolute Gasteiger partial charge is 0.136 e. The van der Waals surface area contributed by atoms with Gasteiger partial charge in [0.25, 0.3) is 0 Å². The van der Waals surface area contributed by atoms with Gasteiger partial charge < -0.3 is 9.53 Å². The normalized spacial score (nSPS) is 22.6. The summed E-state index contributed by atoms with van der Waals surface area (Å²) in [4.78, 5) is 10.9. The van der Waals surface area contributed by atoms with E-state index >= 15 is 0 Å². The van der Waals surface area contributed by atoms with E-state index in [9.17, 15) is 4.79 Å². The summed E-state index contributed by atoms with van der Waals surface area (Å²) in [6.45, 7) is 5.73. The SMILES string of the molecule is CC(C)SC1(C=O)CCOCC1. The summed E-state index contributed by atoms with van der Waals surface area (Å²) in [5, 5.41) is 0.522. The van der Waals surface area contributed by atoms with Gasteiger partial charge in [-0.25, -0.2) is 0 Å². The molecule has 1 fully saturated rings. The van der Waals surface area contributed by atoms with Gasteiger partial charge >= 0.3 is 0 Å². The molecule has 0 unspecified atom stereocenters. The van der Waals surface area contributed by atoms with Crippen molar-refractivity contribution in [1.29, 1.82) is 0 Å². The minimum Gasteiger partial charge on any atom is -0.381 e. The Balaban J connectivity index is 2.53. The van der Waals surface area contributed by atoms with Crippen LogP contribution in [0, 0.1) is 0 Å². The van der Waals surface area contributed by atoms with E-state index in [-0.39, 0.29) is 4.75 Å². The van der Waals surface area contributed by atoms with Gasteiger partial charge in [0.1, 0.15) is 6.29 Å². The molecule has 0 aromatic rings. The first-order valence-corrected chi connectivity index (χ1v) is 5.28. The zero-order valence-corrected chi connectivity index (χ0v) is 8.52. The molecular formula is C9H16O2S. The van der Waals surface area contributed by atoms with Crippen LogP contribution in [-0.4, -0.2) is 29.5 Å². The molecule has 1 aliphatic rings. The topological polar surface area (TPSA) is 26.3 Å². The van der Waals surface area contributed by atoms with E-state index in [4.69, 9.17) is 4.74 Å². The van der Waals surface area contributed by atoms with Crippen LogP contribution >= 0.6 is 11.8 Å². The third kappa shape index (κ3) is 2.49. The third-order valence-corrected chi connectivity index (χ3v) is 3.47. The average molecular weight is 188 g/mol. The maximum absolute atomic E-state index is 10.9. The van der Waals surface area contributed by atoms with Crippen molar-refractivity contribution in [2.75, 3.05) is 13.2 Å². The Morgan fingerprint density at radius 3 is 2.42 bits per heavy atom. The van der Waals surface area contributed by atoms with E-state index < -0.39 is 0 Å². The van der Waals surface area contributed by atoms with E-state index in [0.29, 0.717) is 5.25 Å². The highest BCUT2D eigenvalue weighted by Crippen LogP contribution is 2.36. The number of hydrogen-bond donors (Lipinski definition) is 0. The third-order valence-electron chi connectivity index (χ3n) is 2.02. The van der Waals surface area contributed by atoms with Crippen LogP contribution in [0.1, 0.15) is 26.7 Å². The van der Waals surface area contributed by atoms with Crippen molar-refractivity contribution in [3.63, 3.8) is 0 Å². The lowest BCUT2D eigenvalue weighted by Gasteiger charge is -2.32. The summed E-state index contributed by atoms with van der Waals surface area (Å²) >= 11 is 1.77. The number of ether oxygens (including phenoxy) is 1. The molecule has 0 aromatic heterocycles. The Hall–Kier alpha value is -0.0200. The van der Waals surface area contributed by atoms with Gasteiger partial charge in [0.15, 0.2) is 0 Å². The molecule has 1 rings (SSSR count). The molecule has 0 N–H and O–H groups in total.